The average Bonchev–Trinajstić information content (AvgIpc) is 3.01. The molecule has 5 heteroatoms. The second-order valence-electron chi connectivity index (χ2n) is 5.59. The largest absolute Gasteiger partial charge is 0.277 e. The lowest BCUT2D eigenvalue weighted by Gasteiger charge is -2.09. The summed E-state index contributed by atoms with van der Waals surface area (Å²) in [6.45, 7) is 4.55. The summed E-state index contributed by atoms with van der Waals surface area (Å²) in [7, 11) is 0. The van der Waals surface area contributed by atoms with Crippen molar-refractivity contribution in [3.05, 3.63) is 64.4 Å². The summed E-state index contributed by atoms with van der Waals surface area (Å²) in [5, 5.41) is 9.30. The van der Waals surface area contributed by atoms with Crippen LogP contribution in [0.2, 0.25) is 0 Å². The van der Waals surface area contributed by atoms with Crippen molar-refractivity contribution in [2.75, 3.05) is 0 Å². The van der Waals surface area contributed by atoms with E-state index in [2.05, 4.69) is 29.3 Å². The molecule has 0 unspecified atom stereocenters. The topological polar surface area (TPSA) is 52.2 Å². The van der Waals surface area contributed by atoms with Crippen LogP contribution >= 0.6 is 0 Å². The van der Waals surface area contributed by atoms with Gasteiger partial charge in [0.25, 0.3) is 5.56 Å². The van der Waals surface area contributed by atoms with Gasteiger partial charge in [-0.25, -0.2) is 0 Å². The molecule has 0 fully saturated rings. The van der Waals surface area contributed by atoms with E-state index >= 15 is 0 Å². The van der Waals surface area contributed by atoms with Crippen molar-refractivity contribution in [3.63, 3.8) is 0 Å². The van der Waals surface area contributed by atoms with Crippen molar-refractivity contribution in [2.24, 2.45) is 0 Å². The normalized spacial score (nSPS) is 11.4. The Kier molecular flexibility index (Phi) is 3.01. The van der Waals surface area contributed by atoms with Crippen LogP contribution in [0, 0.1) is 6.92 Å². The fraction of sp³-hybridized carbons (Fsp3) is 0.167. The molecule has 4 rings (SSSR count). The molecule has 2 aromatic carbocycles. The van der Waals surface area contributed by atoms with Gasteiger partial charge in [-0.2, -0.15) is 0 Å². The minimum atomic E-state index is -0.0292. The predicted octanol–water partition coefficient (Wildman–Crippen LogP) is 3.04. The second-order valence-corrected chi connectivity index (χ2v) is 5.59. The van der Waals surface area contributed by atoms with Crippen LogP contribution in [-0.4, -0.2) is 19.2 Å². The molecule has 2 aromatic heterocycles. The van der Waals surface area contributed by atoms with Crippen molar-refractivity contribution >= 4 is 16.7 Å². The van der Waals surface area contributed by atoms with E-state index < -0.39 is 0 Å². The molecular weight excluding hydrogens is 288 g/mol. The minimum absolute atomic E-state index is 0.0292. The molecule has 0 aliphatic rings. The smallest absolute Gasteiger partial charge is 0.262 e. The van der Waals surface area contributed by atoms with E-state index in [1.165, 1.54) is 5.56 Å². The highest BCUT2D eigenvalue weighted by molar-refractivity contribution is 5.82. The molecule has 0 radical (unpaired) electrons. The third kappa shape index (κ3) is 1.97. The van der Waals surface area contributed by atoms with Crippen LogP contribution in [0.25, 0.3) is 28.1 Å². The standard InChI is InChI=1S/C18H16N4O/c1-3-21-17(23)14-6-4-5-7-15(14)22-16(19-20-18(21)22)13-10-8-12(2)9-11-13/h4-11H,3H2,1-2H3. The Labute approximate surface area is 132 Å². The number of hydrogen-bond donors (Lipinski definition) is 0. The molecule has 0 bridgehead atoms. The molecule has 0 aliphatic heterocycles. The zero-order chi connectivity index (χ0) is 16.0. The first-order valence-corrected chi connectivity index (χ1v) is 7.64. The molecule has 0 atom stereocenters. The van der Waals surface area contributed by atoms with Gasteiger partial charge < -0.3 is 0 Å². The van der Waals surface area contributed by atoms with Crippen molar-refractivity contribution in [1.82, 2.24) is 19.2 Å². The van der Waals surface area contributed by atoms with Crippen LogP contribution in [-0.2, 0) is 6.54 Å². The van der Waals surface area contributed by atoms with E-state index in [1.54, 1.807) is 4.57 Å². The van der Waals surface area contributed by atoms with E-state index in [9.17, 15) is 4.79 Å². The Morgan fingerprint density at radius 2 is 1.74 bits per heavy atom. The van der Waals surface area contributed by atoms with Crippen LogP contribution in [0.4, 0.5) is 0 Å². The summed E-state index contributed by atoms with van der Waals surface area (Å²) in [5.74, 6) is 1.32. The molecular formula is C18H16N4O. The highest BCUT2D eigenvalue weighted by atomic mass is 16.1. The first kappa shape index (κ1) is 13.7. The van der Waals surface area contributed by atoms with Gasteiger partial charge in [0.2, 0.25) is 5.78 Å². The van der Waals surface area contributed by atoms with Gasteiger partial charge in [-0.05, 0) is 26.0 Å². The SMILES string of the molecule is CCn1c(=O)c2ccccc2n2c(-c3ccc(C)cc3)nnc12. The van der Waals surface area contributed by atoms with Crippen LogP contribution in [0.1, 0.15) is 12.5 Å². The highest BCUT2D eigenvalue weighted by Gasteiger charge is 2.16. The van der Waals surface area contributed by atoms with Gasteiger partial charge in [-0.15, -0.1) is 10.2 Å². The molecule has 0 saturated heterocycles. The third-order valence-electron chi connectivity index (χ3n) is 4.13. The second kappa shape index (κ2) is 5.05. The summed E-state index contributed by atoms with van der Waals surface area (Å²) >= 11 is 0. The predicted molar refractivity (Wildman–Crippen MR) is 90.6 cm³/mol. The maximum absolute atomic E-state index is 12.6. The van der Waals surface area contributed by atoms with Gasteiger partial charge in [-0.3, -0.25) is 13.8 Å². The molecule has 0 spiro atoms. The molecule has 0 amide bonds. The molecule has 5 nitrogen and oxygen atoms in total. The Morgan fingerprint density at radius 3 is 2.48 bits per heavy atom. The van der Waals surface area contributed by atoms with E-state index in [0.29, 0.717) is 17.7 Å². The lowest BCUT2D eigenvalue weighted by molar-refractivity contribution is 0.736. The van der Waals surface area contributed by atoms with E-state index in [4.69, 9.17) is 0 Å². The molecule has 114 valence electrons. The van der Waals surface area contributed by atoms with Gasteiger partial charge in [0.15, 0.2) is 5.82 Å². The maximum atomic E-state index is 12.6. The molecule has 0 N–H and O–H groups in total. The first-order valence-electron chi connectivity index (χ1n) is 7.64. The average molecular weight is 304 g/mol. The van der Waals surface area contributed by atoms with Crippen molar-refractivity contribution in [3.8, 4) is 11.4 Å². The van der Waals surface area contributed by atoms with Crippen molar-refractivity contribution in [2.45, 2.75) is 20.4 Å². The molecule has 2 heterocycles. The monoisotopic (exact) mass is 304 g/mol. The number of fused-ring (bicyclic) bond motifs is 3. The Hall–Kier alpha value is -2.95. The lowest BCUT2D eigenvalue weighted by Crippen LogP contribution is -2.22. The third-order valence-corrected chi connectivity index (χ3v) is 4.13. The summed E-state index contributed by atoms with van der Waals surface area (Å²) in [5.41, 5.74) is 2.98. The molecule has 0 aliphatic carbocycles. The number of aryl methyl sites for hydroxylation is 2. The fourth-order valence-corrected chi connectivity index (χ4v) is 2.93. The van der Waals surface area contributed by atoms with Gasteiger partial charge in [0, 0.05) is 12.1 Å². The lowest BCUT2D eigenvalue weighted by atomic mass is 10.1. The van der Waals surface area contributed by atoms with Gasteiger partial charge in [0.05, 0.1) is 10.9 Å². The summed E-state index contributed by atoms with van der Waals surface area (Å²) in [6, 6.07) is 15.8. The number of para-hydroxylation sites is 1. The van der Waals surface area contributed by atoms with Gasteiger partial charge >= 0.3 is 0 Å². The van der Waals surface area contributed by atoms with Crippen LogP contribution in [0.5, 0.6) is 0 Å². The van der Waals surface area contributed by atoms with E-state index in [0.717, 1.165) is 16.9 Å². The summed E-state index contributed by atoms with van der Waals surface area (Å²) in [6.07, 6.45) is 0. The zero-order valence-corrected chi connectivity index (χ0v) is 13.0. The zero-order valence-electron chi connectivity index (χ0n) is 13.0. The summed E-state index contributed by atoms with van der Waals surface area (Å²) in [4.78, 5) is 12.6. The molecule has 0 saturated carbocycles. The fourth-order valence-electron chi connectivity index (χ4n) is 2.93. The van der Waals surface area contributed by atoms with Crippen LogP contribution in [0.15, 0.2) is 53.3 Å². The quantitative estimate of drug-likeness (QED) is 0.572. The van der Waals surface area contributed by atoms with Crippen LogP contribution in [0.3, 0.4) is 0 Å². The maximum Gasteiger partial charge on any atom is 0.262 e. The minimum Gasteiger partial charge on any atom is -0.277 e. The van der Waals surface area contributed by atoms with Crippen molar-refractivity contribution < 1.29 is 0 Å². The first-order chi connectivity index (χ1) is 11.2. The summed E-state index contributed by atoms with van der Waals surface area (Å²) < 4.78 is 3.62. The number of aromatic nitrogens is 4. The molecule has 23 heavy (non-hydrogen) atoms. The van der Waals surface area contributed by atoms with Crippen molar-refractivity contribution in [1.29, 1.82) is 0 Å². The Bertz CT molecular complexity index is 1070. The highest BCUT2D eigenvalue weighted by Crippen LogP contribution is 2.22. The number of benzene rings is 2. The number of hydrogen-bond acceptors (Lipinski definition) is 3. The number of rotatable bonds is 2. The Morgan fingerprint density at radius 1 is 1.00 bits per heavy atom. The number of nitrogens with zero attached hydrogens (tertiary/aromatic N) is 4. The van der Waals surface area contributed by atoms with E-state index in [1.807, 2.05) is 47.7 Å². The van der Waals surface area contributed by atoms with Gasteiger partial charge in [-0.1, -0.05) is 42.0 Å². The van der Waals surface area contributed by atoms with E-state index in [-0.39, 0.29) is 5.56 Å². The van der Waals surface area contributed by atoms with Gasteiger partial charge in [0.1, 0.15) is 0 Å². The Balaban J connectivity index is 2.18. The molecule has 4 aromatic rings. The van der Waals surface area contributed by atoms with Crippen LogP contribution < -0.4 is 5.56 Å².